The molecule has 3 heterocycles. The number of methoxy groups -OCH3 is 2. The number of imide groups is 2. The van der Waals surface area contributed by atoms with Gasteiger partial charge in [-0.15, -0.1) is 0 Å². The number of hydrogen-bond acceptors (Lipinski definition) is 14. The first kappa shape index (κ1) is 46.5. The van der Waals surface area contributed by atoms with Crippen LogP contribution in [0.2, 0.25) is 0 Å². The smallest absolute Gasteiger partial charge is 0.328 e. The summed E-state index contributed by atoms with van der Waals surface area (Å²) in [7, 11) is 2.12. The number of hydrogen-bond donors (Lipinski definition) is 2. The van der Waals surface area contributed by atoms with Gasteiger partial charge in [-0.25, -0.2) is 13.2 Å². The molecule has 7 rings (SSSR count). The second-order valence-electron chi connectivity index (χ2n) is 15.6. The lowest BCUT2D eigenvalue weighted by Crippen LogP contribution is -2.54. The van der Waals surface area contributed by atoms with Crippen molar-refractivity contribution in [2.45, 2.75) is 55.2 Å². The van der Waals surface area contributed by atoms with Gasteiger partial charge in [0.25, 0.3) is 17.7 Å². The summed E-state index contributed by atoms with van der Waals surface area (Å²) in [6.45, 7) is -0.261. The van der Waals surface area contributed by atoms with Crippen molar-refractivity contribution in [3.05, 3.63) is 100.0 Å². The largest absolute Gasteiger partial charge is 0.493 e. The predicted octanol–water partition coefficient (Wildman–Crippen LogP) is 3.77. The zero-order chi connectivity index (χ0) is 47.3. The summed E-state index contributed by atoms with van der Waals surface area (Å²) in [4.78, 5) is 89.0. The third-order valence-corrected chi connectivity index (χ3v) is 12.9. The van der Waals surface area contributed by atoms with Crippen LogP contribution in [-0.2, 0) is 48.9 Å². The molecule has 1 fully saturated rings. The molecule has 19 nitrogen and oxygen atoms in total. The number of sulfone groups is 1. The number of fused-ring (bicyclic) bond motifs is 2. The Labute approximate surface area is 378 Å². The van der Waals surface area contributed by atoms with E-state index in [2.05, 4.69) is 10.6 Å². The van der Waals surface area contributed by atoms with Crippen molar-refractivity contribution in [1.82, 2.24) is 24.7 Å². The van der Waals surface area contributed by atoms with Crippen molar-refractivity contribution in [1.29, 1.82) is 0 Å². The van der Waals surface area contributed by atoms with Crippen molar-refractivity contribution in [3.63, 3.8) is 0 Å². The summed E-state index contributed by atoms with van der Waals surface area (Å²) in [5.41, 5.74) is 1.08. The highest BCUT2D eigenvalue weighted by atomic mass is 32.2. The molecule has 0 saturated carbocycles. The third kappa shape index (κ3) is 9.92. The van der Waals surface area contributed by atoms with Crippen molar-refractivity contribution < 1.29 is 60.9 Å². The van der Waals surface area contributed by atoms with Crippen molar-refractivity contribution >= 4 is 56.2 Å². The molecule has 66 heavy (non-hydrogen) atoms. The number of piperidine rings is 1. The van der Waals surface area contributed by atoms with Crippen LogP contribution in [0.25, 0.3) is 11.0 Å². The van der Waals surface area contributed by atoms with Crippen molar-refractivity contribution in [2.24, 2.45) is 14.1 Å². The lowest BCUT2D eigenvalue weighted by Gasteiger charge is -2.27. The number of rotatable bonds is 20. The minimum absolute atomic E-state index is 0.00661. The van der Waals surface area contributed by atoms with Gasteiger partial charge in [0, 0.05) is 51.2 Å². The Morgan fingerprint density at radius 3 is 2.18 bits per heavy atom. The lowest BCUT2D eigenvalue weighted by atomic mass is 10.0. The minimum Gasteiger partial charge on any atom is -0.493 e. The Hall–Kier alpha value is -7.48. The van der Waals surface area contributed by atoms with E-state index < -0.39 is 45.3 Å². The first-order valence-corrected chi connectivity index (χ1v) is 22.5. The molecule has 346 valence electrons. The molecule has 20 heteroatoms. The van der Waals surface area contributed by atoms with Gasteiger partial charge in [0.05, 0.1) is 47.0 Å². The highest BCUT2D eigenvalue weighted by Gasteiger charge is 2.46. The number of carbonyl (C=O) groups excluding carboxylic acids is 6. The van der Waals surface area contributed by atoms with Gasteiger partial charge in [-0.2, -0.15) is 0 Å². The monoisotopic (exact) mass is 925 g/mol. The maximum atomic E-state index is 13.7. The van der Waals surface area contributed by atoms with E-state index >= 15 is 0 Å². The number of ketones is 1. The number of benzene rings is 4. The molecule has 0 aliphatic carbocycles. The molecule has 0 spiro atoms. The van der Waals surface area contributed by atoms with Gasteiger partial charge in [-0.3, -0.25) is 48.1 Å². The molecular weight excluding hydrogens is 879 g/mol. The first-order chi connectivity index (χ1) is 31.6. The van der Waals surface area contributed by atoms with Crippen molar-refractivity contribution in [2.75, 3.05) is 34.0 Å². The number of aromatic nitrogens is 2. The molecule has 2 aliphatic rings. The maximum absolute atomic E-state index is 13.7. The number of ether oxygens (including phenoxy) is 5. The summed E-state index contributed by atoms with van der Waals surface area (Å²) in [5.74, 6) is -2.05. The van der Waals surface area contributed by atoms with E-state index in [0.29, 0.717) is 59.7 Å². The van der Waals surface area contributed by atoms with Crippen LogP contribution >= 0.6 is 0 Å². The van der Waals surface area contributed by atoms with Crippen LogP contribution in [0.3, 0.4) is 0 Å². The molecule has 1 atom stereocenters. The zero-order valence-corrected chi connectivity index (χ0v) is 37.4. The van der Waals surface area contributed by atoms with Crippen LogP contribution in [0.4, 0.5) is 0 Å². The van der Waals surface area contributed by atoms with Gasteiger partial charge in [0.2, 0.25) is 11.8 Å². The molecule has 1 aromatic heterocycles. The third-order valence-electron chi connectivity index (χ3n) is 11.2. The maximum Gasteiger partial charge on any atom is 0.328 e. The minimum atomic E-state index is -3.95. The van der Waals surface area contributed by atoms with E-state index in [4.69, 9.17) is 23.7 Å². The Morgan fingerprint density at radius 1 is 0.758 bits per heavy atom. The number of Topliss-reactive ketones (excluding diaryl/α,β-unsaturated/α-hetero) is 1. The van der Waals surface area contributed by atoms with E-state index in [-0.39, 0.29) is 83.1 Å². The summed E-state index contributed by atoms with van der Waals surface area (Å²) in [5, 5.41) is 4.93. The van der Waals surface area contributed by atoms with Gasteiger partial charge >= 0.3 is 5.69 Å². The normalized spacial score (nSPS) is 14.8. The molecule has 5 amide bonds. The van der Waals surface area contributed by atoms with E-state index in [9.17, 15) is 42.0 Å². The van der Waals surface area contributed by atoms with Gasteiger partial charge in [-0.1, -0.05) is 12.5 Å². The fourth-order valence-corrected chi connectivity index (χ4v) is 9.06. The standard InChI is InChI=1S/C46H47N5O14S/c1-49-34-21-27(26-66(59,60)31-16-18-36(61-3)39(22-31)62-4)38(23-35(34)50(2)46(49)58)65-30-14-12-29(13-15-30)63-25-41(54)47-20-7-5-6-9-28(52)24-64-37-11-8-10-32-42(37)45(57)51(44(32)56)33-17-19-40(53)48-43(33)55/h8,10-16,18,21-23,33H,5-7,9,17,19-20,24-26H2,1-4H3,(H,47,54)(H,48,53,55). The lowest BCUT2D eigenvalue weighted by molar-refractivity contribution is -0.136. The number of amides is 5. The summed E-state index contributed by atoms with van der Waals surface area (Å²) in [6, 6.07) is 17.3. The highest BCUT2D eigenvalue weighted by Crippen LogP contribution is 2.36. The fourth-order valence-electron chi connectivity index (χ4n) is 7.69. The van der Waals surface area contributed by atoms with Gasteiger partial charge in [0.15, 0.2) is 33.7 Å². The summed E-state index contributed by atoms with van der Waals surface area (Å²) in [6.07, 6.45) is 1.92. The topological polar surface area (TPSA) is 237 Å². The first-order valence-electron chi connectivity index (χ1n) is 20.9. The molecule has 1 unspecified atom stereocenters. The van der Waals surface area contributed by atoms with Gasteiger partial charge in [-0.05, 0) is 73.9 Å². The molecule has 5 aromatic rings. The Morgan fingerprint density at radius 2 is 1.47 bits per heavy atom. The molecule has 0 radical (unpaired) electrons. The molecule has 4 aromatic carbocycles. The molecular formula is C46H47N5O14S. The zero-order valence-electron chi connectivity index (χ0n) is 36.5. The Kier molecular flexibility index (Phi) is 13.9. The van der Waals surface area contributed by atoms with Crippen molar-refractivity contribution in [3.8, 4) is 34.5 Å². The van der Waals surface area contributed by atoms with Crippen LogP contribution in [-0.4, -0.2) is 97.8 Å². The number of imidazole rings is 1. The average Bonchev–Trinajstić information content (AvgIpc) is 3.68. The Balaban J connectivity index is 0.857. The number of aryl methyl sites for hydroxylation is 2. The van der Waals surface area contributed by atoms with Crippen LogP contribution in [0.1, 0.15) is 64.8 Å². The molecule has 2 N–H and O–H groups in total. The van der Waals surface area contributed by atoms with E-state index in [1.807, 2.05) is 0 Å². The quantitative estimate of drug-likeness (QED) is 0.0836. The SMILES string of the molecule is COc1ccc(S(=O)(=O)Cc2cc3c(cc2Oc2ccc(OCC(=O)NCCCCCC(=O)COc4cccc5c4C(=O)N(C4CCC(=O)NC4=O)C5=O)cc2)n(C)c(=O)n3C)cc1OC. The number of nitrogens with zero attached hydrogens (tertiary/aromatic N) is 3. The summed E-state index contributed by atoms with van der Waals surface area (Å²) < 4.78 is 58.4. The predicted molar refractivity (Wildman–Crippen MR) is 236 cm³/mol. The second-order valence-corrected chi connectivity index (χ2v) is 17.6. The van der Waals surface area contributed by atoms with E-state index in [0.717, 1.165) is 4.90 Å². The van der Waals surface area contributed by atoms with Crippen LogP contribution in [0.15, 0.2) is 82.5 Å². The van der Waals surface area contributed by atoms with Crippen LogP contribution in [0, 0.1) is 0 Å². The van der Waals surface area contributed by atoms with Gasteiger partial charge in [0.1, 0.15) is 35.6 Å². The van der Waals surface area contributed by atoms with Crippen LogP contribution in [0.5, 0.6) is 34.5 Å². The van der Waals surface area contributed by atoms with E-state index in [1.165, 1.54) is 59.8 Å². The average molecular weight is 926 g/mol. The summed E-state index contributed by atoms with van der Waals surface area (Å²) >= 11 is 0. The van der Waals surface area contributed by atoms with E-state index in [1.54, 1.807) is 50.5 Å². The molecule has 2 aliphatic heterocycles. The van der Waals surface area contributed by atoms with Gasteiger partial charge < -0.3 is 29.0 Å². The van der Waals surface area contributed by atoms with Crippen LogP contribution < -0.4 is 40.0 Å². The number of carbonyl (C=O) groups is 6. The second kappa shape index (κ2) is 19.7. The molecule has 1 saturated heterocycles. The Bertz CT molecular complexity index is 2920. The fraction of sp³-hybridized carbons (Fsp3) is 0.326. The molecule has 0 bridgehead atoms. The highest BCUT2D eigenvalue weighted by molar-refractivity contribution is 7.90. The number of unbranched alkanes of at least 4 members (excludes halogenated alkanes) is 2. The number of nitrogens with one attached hydrogen (secondary N) is 2.